The first kappa shape index (κ1) is 35.6. The van der Waals surface area contributed by atoms with E-state index in [1.54, 1.807) is 11.3 Å². The highest BCUT2D eigenvalue weighted by atomic mass is 32.1. The molecule has 0 unspecified atom stereocenters. The molecule has 0 atom stereocenters. The van der Waals surface area contributed by atoms with E-state index in [4.69, 9.17) is 15.0 Å². The van der Waals surface area contributed by atoms with Gasteiger partial charge in [0.1, 0.15) is 0 Å². The van der Waals surface area contributed by atoms with Gasteiger partial charge < -0.3 is 9.13 Å². The predicted molar refractivity (Wildman–Crippen MR) is 263 cm³/mol. The van der Waals surface area contributed by atoms with Crippen LogP contribution >= 0.6 is 11.3 Å². The van der Waals surface area contributed by atoms with Gasteiger partial charge in [0, 0.05) is 60.7 Å². The molecule has 13 aromatic rings. The average Bonchev–Trinajstić information content (AvgIpc) is 4.01. The molecule has 0 N–H and O–H groups in total. The van der Waals surface area contributed by atoms with E-state index in [0.717, 1.165) is 83.7 Å². The fourth-order valence-corrected chi connectivity index (χ4v) is 10.5. The fraction of sp³-hybridized carbons (Fsp3) is 0. The largest absolute Gasteiger partial charge is 0.309 e. The molecule has 0 saturated heterocycles. The van der Waals surface area contributed by atoms with Crippen molar-refractivity contribution in [1.29, 1.82) is 0 Å². The van der Waals surface area contributed by atoms with E-state index < -0.39 is 0 Å². The number of aromatic nitrogens is 5. The smallest absolute Gasteiger partial charge is 0.0888 e. The Hall–Kier alpha value is -8.19. The maximum Gasteiger partial charge on any atom is 0.0888 e. The van der Waals surface area contributed by atoms with E-state index >= 15 is 0 Å². The van der Waals surface area contributed by atoms with E-state index in [1.807, 2.05) is 24.7 Å². The van der Waals surface area contributed by atoms with Crippen molar-refractivity contribution in [3.05, 3.63) is 213 Å². The molecule has 0 aliphatic carbocycles. The van der Waals surface area contributed by atoms with Gasteiger partial charge in [-0.3, -0.25) is 9.97 Å². The molecule has 63 heavy (non-hydrogen) atoms. The van der Waals surface area contributed by atoms with Crippen LogP contribution in [0.15, 0.2) is 213 Å². The molecule has 5 nitrogen and oxygen atoms in total. The molecule has 0 saturated carbocycles. The molecule has 0 fully saturated rings. The van der Waals surface area contributed by atoms with Crippen molar-refractivity contribution < 1.29 is 0 Å². The van der Waals surface area contributed by atoms with Gasteiger partial charge in [-0.1, -0.05) is 121 Å². The summed E-state index contributed by atoms with van der Waals surface area (Å²) >= 11 is 1.78. The number of fused-ring (bicyclic) bond motifs is 9. The van der Waals surface area contributed by atoms with E-state index in [-0.39, 0.29) is 0 Å². The summed E-state index contributed by atoms with van der Waals surface area (Å²) in [5.41, 5.74) is 16.3. The minimum atomic E-state index is 0.936. The molecule has 0 bridgehead atoms. The standard InChI is InChI=1S/C57H35N5S/c1-3-12-36(13-4-1)49-32-42(33-50(60-49)37-14-5-2-6-15-37)61-51-18-9-7-16-44(51)46-24-21-40(31-54(46)61)38-22-25-53-47(29-38)45-17-8-10-19-52(45)62(53)43-28-41(34-58-35-43)39-23-26-55-48(30-39)57-56(63-55)20-11-27-59-57/h1-35H. The second kappa shape index (κ2) is 14.2. The Morgan fingerprint density at radius 2 is 0.937 bits per heavy atom. The molecular weight excluding hydrogens is 787 g/mol. The number of thiophene rings is 1. The Morgan fingerprint density at radius 1 is 0.349 bits per heavy atom. The van der Waals surface area contributed by atoms with Gasteiger partial charge in [0.05, 0.1) is 61.2 Å². The van der Waals surface area contributed by atoms with E-state index in [1.165, 1.54) is 36.3 Å². The highest BCUT2D eigenvalue weighted by Gasteiger charge is 2.19. The first-order valence-electron chi connectivity index (χ1n) is 21.2. The molecule has 0 aliphatic rings. The van der Waals surface area contributed by atoms with Gasteiger partial charge in [0.15, 0.2) is 0 Å². The second-order valence-electron chi connectivity index (χ2n) is 16.1. The molecule has 13 rings (SSSR count). The van der Waals surface area contributed by atoms with Crippen LogP contribution < -0.4 is 0 Å². The summed E-state index contributed by atoms with van der Waals surface area (Å²) in [6.45, 7) is 0. The van der Waals surface area contributed by atoms with Crippen LogP contribution in [0.2, 0.25) is 0 Å². The maximum absolute atomic E-state index is 5.20. The first-order valence-corrected chi connectivity index (χ1v) is 22.0. The zero-order valence-corrected chi connectivity index (χ0v) is 34.7. The third-order valence-corrected chi connectivity index (χ3v) is 13.6. The molecule has 0 amide bonds. The zero-order valence-electron chi connectivity index (χ0n) is 33.9. The van der Waals surface area contributed by atoms with Gasteiger partial charge in [0.25, 0.3) is 0 Å². The van der Waals surface area contributed by atoms with Crippen molar-refractivity contribution >= 4 is 75.3 Å². The highest BCUT2D eigenvalue weighted by molar-refractivity contribution is 7.25. The van der Waals surface area contributed by atoms with Crippen LogP contribution in [-0.2, 0) is 0 Å². The molecule has 6 heterocycles. The van der Waals surface area contributed by atoms with Crippen LogP contribution in [0.25, 0.3) is 120 Å². The Kier molecular flexibility index (Phi) is 8.01. The van der Waals surface area contributed by atoms with Crippen molar-refractivity contribution in [1.82, 2.24) is 24.1 Å². The molecule has 0 spiro atoms. The number of hydrogen-bond donors (Lipinski definition) is 0. The van der Waals surface area contributed by atoms with Gasteiger partial charge in [0.2, 0.25) is 0 Å². The molecule has 6 aromatic heterocycles. The summed E-state index contributed by atoms with van der Waals surface area (Å²) in [7, 11) is 0. The summed E-state index contributed by atoms with van der Waals surface area (Å²) in [6, 6.07) is 69.7. The van der Waals surface area contributed by atoms with Crippen LogP contribution in [0.1, 0.15) is 0 Å². The Morgan fingerprint density at radius 3 is 1.70 bits per heavy atom. The molecule has 0 radical (unpaired) electrons. The van der Waals surface area contributed by atoms with Crippen LogP contribution in [0.3, 0.4) is 0 Å². The summed E-state index contributed by atoms with van der Waals surface area (Å²) < 4.78 is 7.20. The first-order chi connectivity index (χ1) is 31.2. The lowest BCUT2D eigenvalue weighted by Gasteiger charge is -2.14. The Bertz CT molecular complexity index is 3860. The van der Waals surface area contributed by atoms with Crippen LogP contribution in [-0.4, -0.2) is 24.1 Å². The molecule has 7 aromatic carbocycles. The fourth-order valence-electron chi connectivity index (χ4n) is 9.50. The monoisotopic (exact) mass is 821 g/mol. The average molecular weight is 822 g/mol. The van der Waals surface area contributed by atoms with Gasteiger partial charge in [-0.05, 0) is 89.5 Å². The second-order valence-corrected chi connectivity index (χ2v) is 17.2. The summed E-state index contributed by atoms with van der Waals surface area (Å²) in [5.74, 6) is 0. The van der Waals surface area contributed by atoms with Crippen LogP contribution in [0.4, 0.5) is 0 Å². The van der Waals surface area contributed by atoms with Crippen molar-refractivity contribution in [3.63, 3.8) is 0 Å². The van der Waals surface area contributed by atoms with Crippen molar-refractivity contribution in [2.24, 2.45) is 0 Å². The van der Waals surface area contributed by atoms with Gasteiger partial charge >= 0.3 is 0 Å². The van der Waals surface area contributed by atoms with Gasteiger partial charge in [-0.25, -0.2) is 4.98 Å². The molecular formula is C57H35N5S. The van der Waals surface area contributed by atoms with Crippen LogP contribution in [0.5, 0.6) is 0 Å². The van der Waals surface area contributed by atoms with Gasteiger partial charge in [-0.15, -0.1) is 11.3 Å². The molecule has 0 aliphatic heterocycles. The molecule has 6 heteroatoms. The van der Waals surface area contributed by atoms with Crippen LogP contribution in [0, 0.1) is 0 Å². The van der Waals surface area contributed by atoms with Crippen molar-refractivity contribution in [2.45, 2.75) is 0 Å². The minimum Gasteiger partial charge on any atom is -0.309 e. The van der Waals surface area contributed by atoms with Crippen molar-refractivity contribution in [2.75, 3.05) is 0 Å². The Labute approximate surface area is 366 Å². The van der Waals surface area contributed by atoms with E-state index in [2.05, 4.69) is 197 Å². The SMILES string of the molecule is c1ccc(-c2cc(-n3c4ccccc4c4ccc(-c5ccc6c(c5)c5ccccc5n6-c5cncc(-c6ccc7sc8cccnc8c7c6)c5)cc43)cc(-c3ccccc3)n2)cc1. The van der Waals surface area contributed by atoms with E-state index in [0.29, 0.717) is 0 Å². The maximum atomic E-state index is 5.20. The normalized spacial score (nSPS) is 11.8. The minimum absolute atomic E-state index is 0.936. The third-order valence-electron chi connectivity index (χ3n) is 12.4. The Balaban J connectivity index is 0.961. The predicted octanol–water partition coefficient (Wildman–Crippen LogP) is 15.1. The van der Waals surface area contributed by atoms with E-state index in [9.17, 15) is 0 Å². The summed E-state index contributed by atoms with van der Waals surface area (Å²) in [6.07, 6.45) is 5.81. The topological polar surface area (TPSA) is 48.5 Å². The third kappa shape index (κ3) is 5.80. The summed E-state index contributed by atoms with van der Waals surface area (Å²) in [5, 5.41) is 6.00. The zero-order chi connectivity index (χ0) is 41.4. The highest BCUT2D eigenvalue weighted by Crippen LogP contribution is 2.40. The number of rotatable bonds is 6. The number of nitrogens with zero attached hydrogens (tertiary/aromatic N) is 5. The summed E-state index contributed by atoms with van der Waals surface area (Å²) in [4.78, 5) is 14.7. The van der Waals surface area contributed by atoms with Crippen molar-refractivity contribution in [3.8, 4) is 56.1 Å². The number of pyridine rings is 3. The number of benzene rings is 7. The number of hydrogen-bond acceptors (Lipinski definition) is 4. The quantitative estimate of drug-likeness (QED) is 0.168. The lowest BCUT2D eigenvalue weighted by atomic mass is 10.0. The number of para-hydroxylation sites is 2. The lowest BCUT2D eigenvalue weighted by molar-refractivity contribution is 1.14. The lowest BCUT2D eigenvalue weighted by Crippen LogP contribution is -1.98. The van der Waals surface area contributed by atoms with Gasteiger partial charge in [-0.2, -0.15) is 0 Å². The molecule has 294 valence electrons.